The van der Waals surface area contributed by atoms with E-state index in [1.54, 1.807) is 18.2 Å². The van der Waals surface area contributed by atoms with Gasteiger partial charge in [0.1, 0.15) is 23.3 Å². The summed E-state index contributed by atoms with van der Waals surface area (Å²) in [5, 5.41) is 0.482. The Morgan fingerprint density at radius 2 is 1.70 bits per heavy atom. The molecule has 0 N–H and O–H groups in total. The van der Waals surface area contributed by atoms with E-state index in [1.165, 1.54) is 31.1 Å². The molecule has 0 aliphatic rings. The van der Waals surface area contributed by atoms with E-state index in [1.807, 2.05) is 24.3 Å². The molecule has 1 heterocycles. The standard InChI is InChI=1S/C23H26O4/c1-3-5-6-7-14-25-19-12-13-20-21(15-19)26-16-22(23(20)24)27-18-10-8-17(4-2)9-11-18/h8-13,15-16H,3-7,14H2,1-2H3. The zero-order valence-electron chi connectivity index (χ0n) is 16.0. The molecule has 0 radical (unpaired) electrons. The Kier molecular flexibility index (Phi) is 6.53. The lowest BCUT2D eigenvalue weighted by Gasteiger charge is -2.08. The van der Waals surface area contributed by atoms with Gasteiger partial charge in [0.05, 0.1) is 12.0 Å². The van der Waals surface area contributed by atoms with Crippen molar-refractivity contribution in [2.24, 2.45) is 0 Å². The Balaban J connectivity index is 1.72. The van der Waals surface area contributed by atoms with Gasteiger partial charge in [-0.2, -0.15) is 0 Å². The molecule has 27 heavy (non-hydrogen) atoms. The van der Waals surface area contributed by atoms with Gasteiger partial charge in [-0.25, -0.2) is 0 Å². The molecule has 4 heteroatoms. The van der Waals surface area contributed by atoms with Crippen LogP contribution in [0.5, 0.6) is 17.2 Å². The molecule has 0 aliphatic heterocycles. The number of unbranched alkanes of at least 4 members (excludes halogenated alkanes) is 3. The van der Waals surface area contributed by atoms with E-state index in [0.717, 1.165) is 12.8 Å². The van der Waals surface area contributed by atoms with E-state index in [0.29, 0.717) is 29.1 Å². The van der Waals surface area contributed by atoms with Gasteiger partial charge < -0.3 is 13.9 Å². The molecule has 142 valence electrons. The summed E-state index contributed by atoms with van der Waals surface area (Å²) in [5.41, 5.74) is 1.53. The van der Waals surface area contributed by atoms with Crippen LogP contribution in [-0.2, 0) is 6.42 Å². The third-order valence-corrected chi connectivity index (χ3v) is 4.54. The molecular weight excluding hydrogens is 340 g/mol. The first-order valence-corrected chi connectivity index (χ1v) is 9.66. The van der Waals surface area contributed by atoms with Gasteiger partial charge in [-0.1, -0.05) is 45.2 Å². The molecule has 0 amide bonds. The second-order valence-electron chi connectivity index (χ2n) is 6.60. The highest BCUT2D eigenvalue weighted by molar-refractivity contribution is 5.79. The molecule has 0 bridgehead atoms. The summed E-state index contributed by atoms with van der Waals surface area (Å²) in [7, 11) is 0. The Morgan fingerprint density at radius 1 is 0.926 bits per heavy atom. The zero-order chi connectivity index (χ0) is 19.1. The maximum atomic E-state index is 12.7. The van der Waals surface area contributed by atoms with Gasteiger partial charge >= 0.3 is 0 Å². The Bertz CT molecular complexity index is 925. The van der Waals surface area contributed by atoms with Crippen LogP contribution < -0.4 is 14.9 Å². The number of benzene rings is 2. The molecule has 0 atom stereocenters. The van der Waals surface area contributed by atoms with Gasteiger partial charge in [-0.05, 0) is 42.7 Å². The van der Waals surface area contributed by atoms with Crippen LogP contribution in [0.25, 0.3) is 11.0 Å². The molecule has 0 unspecified atom stereocenters. The number of hydrogen-bond donors (Lipinski definition) is 0. The first-order valence-electron chi connectivity index (χ1n) is 9.66. The van der Waals surface area contributed by atoms with Crippen LogP contribution >= 0.6 is 0 Å². The van der Waals surface area contributed by atoms with E-state index < -0.39 is 0 Å². The third-order valence-electron chi connectivity index (χ3n) is 4.54. The maximum absolute atomic E-state index is 12.7. The predicted octanol–water partition coefficient (Wildman–Crippen LogP) is 6.11. The van der Waals surface area contributed by atoms with E-state index in [9.17, 15) is 4.79 Å². The Labute approximate surface area is 159 Å². The molecule has 1 aromatic heterocycles. The van der Waals surface area contributed by atoms with E-state index in [4.69, 9.17) is 13.9 Å². The van der Waals surface area contributed by atoms with Gasteiger partial charge in [-0.3, -0.25) is 4.79 Å². The fourth-order valence-electron chi connectivity index (χ4n) is 2.89. The minimum absolute atomic E-state index is 0.181. The van der Waals surface area contributed by atoms with Crippen LogP contribution in [0, 0.1) is 0 Å². The van der Waals surface area contributed by atoms with Gasteiger partial charge in [0.2, 0.25) is 11.2 Å². The number of hydrogen-bond acceptors (Lipinski definition) is 4. The minimum Gasteiger partial charge on any atom is -0.493 e. The summed E-state index contributed by atoms with van der Waals surface area (Å²) >= 11 is 0. The molecule has 0 aliphatic carbocycles. The molecule has 0 fully saturated rings. The van der Waals surface area contributed by atoms with E-state index >= 15 is 0 Å². The van der Waals surface area contributed by atoms with Gasteiger partial charge in [0.25, 0.3) is 0 Å². The highest BCUT2D eigenvalue weighted by Gasteiger charge is 2.10. The highest BCUT2D eigenvalue weighted by atomic mass is 16.5. The zero-order valence-corrected chi connectivity index (χ0v) is 16.0. The normalized spacial score (nSPS) is 10.9. The second kappa shape index (κ2) is 9.26. The first-order chi connectivity index (χ1) is 13.2. The van der Waals surface area contributed by atoms with Crippen LogP contribution in [0.2, 0.25) is 0 Å². The molecule has 0 saturated carbocycles. The van der Waals surface area contributed by atoms with Crippen LogP contribution in [0.4, 0.5) is 0 Å². The fourth-order valence-corrected chi connectivity index (χ4v) is 2.89. The SMILES string of the molecule is CCCCCCOc1ccc2c(=O)c(Oc3ccc(CC)cc3)coc2c1. The van der Waals surface area contributed by atoms with Crippen LogP contribution in [0.3, 0.4) is 0 Å². The number of fused-ring (bicyclic) bond motifs is 1. The van der Waals surface area contributed by atoms with E-state index in [2.05, 4.69) is 13.8 Å². The molecule has 3 aromatic rings. The maximum Gasteiger partial charge on any atom is 0.235 e. The van der Waals surface area contributed by atoms with Crippen molar-refractivity contribution >= 4 is 11.0 Å². The van der Waals surface area contributed by atoms with Crippen LogP contribution in [0.1, 0.15) is 45.1 Å². The molecular formula is C23H26O4. The predicted molar refractivity (Wildman–Crippen MR) is 108 cm³/mol. The summed E-state index contributed by atoms with van der Waals surface area (Å²) < 4.78 is 17.1. The Hall–Kier alpha value is -2.75. The number of aryl methyl sites for hydroxylation is 1. The highest BCUT2D eigenvalue weighted by Crippen LogP contribution is 2.24. The monoisotopic (exact) mass is 366 g/mol. The average Bonchev–Trinajstić information content (AvgIpc) is 2.70. The quantitative estimate of drug-likeness (QED) is 0.429. The second-order valence-corrected chi connectivity index (χ2v) is 6.60. The van der Waals surface area contributed by atoms with Crippen LogP contribution in [0.15, 0.2) is 57.9 Å². The largest absolute Gasteiger partial charge is 0.493 e. The van der Waals surface area contributed by atoms with Gasteiger partial charge in [-0.15, -0.1) is 0 Å². The summed E-state index contributed by atoms with van der Waals surface area (Å²) in [6, 6.07) is 13.0. The van der Waals surface area contributed by atoms with Crippen molar-refractivity contribution < 1.29 is 13.9 Å². The molecule has 4 nitrogen and oxygen atoms in total. The summed E-state index contributed by atoms with van der Waals surface area (Å²) in [5.74, 6) is 1.51. The van der Waals surface area contributed by atoms with Crippen molar-refractivity contribution in [3.63, 3.8) is 0 Å². The minimum atomic E-state index is -0.190. The number of rotatable bonds is 9. The van der Waals surface area contributed by atoms with Gasteiger partial charge in [0.15, 0.2) is 0 Å². The van der Waals surface area contributed by atoms with Crippen molar-refractivity contribution in [2.45, 2.75) is 46.0 Å². The summed E-state index contributed by atoms with van der Waals surface area (Å²) in [4.78, 5) is 12.7. The summed E-state index contributed by atoms with van der Waals surface area (Å²) in [6.45, 7) is 4.95. The summed E-state index contributed by atoms with van der Waals surface area (Å²) in [6.07, 6.45) is 6.94. The van der Waals surface area contributed by atoms with Crippen LogP contribution in [-0.4, -0.2) is 6.61 Å². The Morgan fingerprint density at radius 3 is 2.44 bits per heavy atom. The van der Waals surface area contributed by atoms with Crippen molar-refractivity contribution in [3.8, 4) is 17.2 Å². The lowest BCUT2D eigenvalue weighted by atomic mass is 10.2. The lowest BCUT2D eigenvalue weighted by Crippen LogP contribution is -2.05. The molecule has 0 saturated heterocycles. The average molecular weight is 366 g/mol. The topological polar surface area (TPSA) is 48.7 Å². The van der Waals surface area contributed by atoms with Crippen molar-refractivity contribution in [1.82, 2.24) is 0 Å². The molecule has 3 rings (SSSR count). The number of ether oxygens (including phenoxy) is 2. The van der Waals surface area contributed by atoms with Crippen molar-refractivity contribution in [1.29, 1.82) is 0 Å². The fraction of sp³-hybridized carbons (Fsp3) is 0.348. The third kappa shape index (κ3) is 4.91. The first kappa shape index (κ1) is 19.0. The molecule has 2 aromatic carbocycles. The van der Waals surface area contributed by atoms with Gasteiger partial charge in [0, 0.05) is 6.07 Å². The smallest absolute Gasteiger partial charge is 0.235 e. The molecule has 0 spiro atoms. The van der Waals surface area contributed by atoms with Crippen molar-refractivity contribution in [2.75, 3.05) is 6.61 Å². The van der Waals surface area contributed by atoms with E-state index in [-0.39, 0.29) is 11.2 Å². The van der Waals surface area contributed by atoms with Crippen molar-refractivity contribution in [3.05, 3.63) is 64.5 Å². The lowest BCUT2D eigenvalue weighted by molar-refractivity contribution is 0.305.